The molecule has 0 fully saturated rings. The Morgan fingerprint density at radius 2 is 2.18 bits per heavy atom. The van der Waals surface area contributed by atoms with E-state index in [-0.39, 0.29) is 11.9 Å². The van der Waals surface area contributed by atoms with Gasteiger partial charge in [-0.25, -0.2) is 0 Å². The number of carbonyl (C=O) groups is 1. The molecule has 3 nitrogen and oxygen atoms in total. The Morgan fingerprint density at radius 3 is 2.64 bits per heavy atom. The fourth-order valence-corrected chi connectivity index (χ4v) is 0.748. The van der Waals surface area contributed by atoms with Crippen LogP contribution in [0.1, 0.15) is 33.1 Å². The maximum atomic E-state index is 10.9. The first kappa shape index (κ1) is 10.4. The van der Waals surface area contributed by atoms with Crippen molar-refractivity contribution in [2.24, 2.45) is 5.73 Å². The molecule has 0 aromatic carbocycles. The van der Waals surface area contributed by atoms with Crippen LogP contribution in [0.15, 0.2) is 0 Å². The minimum Gasteiger partial charge on any atom is -0.355 e. The van der Waals surface area contributed by atoms with Crippen LogP contribution in [-0.2, 0) is 4.79 Å². The number of carbonyl (C=O) groups excluding carboxylic acids is 1. The summed E-state index contributed by atoms with van der Waals surface area (Å²) < 4.78 is 0. The summed E-state index contributed by atoms with van der Waals surface area (Å²) >= 11 is 0. The highest BCUT2D eigenvalue weighted by Crippen LogP contribution is 1.90. The third kappa shape index (κ3) is 5.85. The Bertz CT molecular complexity index is 113. The Balaban J connectivity index is 3.18. The summed E-state index contributed by atoms with van der Waals surface area (Å²) in [4.78, 5) is 10.9. The molecule has 0 bridgehead atoms. The Morgan fingerprint density at radius 1 is 1.55 bits per heavy atom. The standard InChI is InChI=1S/C8H18N2O/c1-3-4-5-6-10-8(11)7(2)9/h7H,3-6,9H2,1-2H3,(H,10,11)/t7-/m1/s1. The molecule has 0 aliphatic rings. The number of unbranched alkanes of at least 4 members (excludes halogenated alkanes) is 2. The summed E-state index contributed by atoms with van der Waals surface area (Å²) in [5.41, 5.74) is 5.34. The highest BCUT2D eigenvalue weighted by molar-refractivity contribution is 5.80. The van der Waals surface area contributed by atoms with Gasteiger partial charge in [-0.05, 0) is 13.3 Å². The molecule has 66 valence electrons. The molecule has 0 unspecified atom stereocenters. The van der Waals surface area contributed by atoms with Gasteiger partial charge in [0.15, 0.2) is 0 Å². The zero-order valence-electron chi connectivity index (χ0n) is 7.39. The van der Waals surface area contributed by atoms with E-state index in [0.717, 1.165) is 13.0 Å². The van der Waals surface area contributed by atoms with E-state index in [1.54, 1.807) is 6.92 Å². The lowest BCUT2D eigenvalue weighted by Crippen LogP contribution is -2.38. The van der Waals surface area contributed by atoms with E-state index in [4.69, 9.17) is 5.73 Å². The van der Waals surface area contributed by atoms with Crippen LogP contribution in [0.2, 0.25) is 0 Å². The molecular weight excluding hydrogens is 140 g/mol. The van der Waals surface area contributed by atoms with Crippen molar-refractivity contribution in [2.75, 3.05) is 6.54 Å². The zero-order valence-corrected chi connectivity index (χ0v) is 7.39. The molecular formula is C8H18N2O. The molecule has 0 aromatic rings. The van der Waals surface area contributed by atoms with Crippen molar-refractivity contribution in [3.8, 4) is 0 Å². The largest absolute Gasteiger partial charge is 0.355 e. The second kappa shape index (κ2) is 6.16. The van der Waals surface area contributed by atoms with Gasteiger partial charge < -0.3 is 11.1 Å². The monoisotopic (exact) mass is 158 g/mol. The normalized spacial score (nSPS) is 12.6. The SMILES string of the molecule is CCCCCNC(=O)[C@@H](C)N. The highest BCUT2D eigenvalue weighted by atomic mass is 16.2. The van der Waals surface area contributed by atoms with Crippen LogP contribution in [0.25, 0.3) is 0 Å². The van der Waals surface area contributed by atoms with Crippen molar-refractivity contribution >= 4 is 5.91 Å². The van der Waals surface area contributed by atoms with Crippen molar-refractivity contribution in [3.05, 3.63) is 0 Å². The van der Waals surface area contributed by atoms with Crippen molar-refractivity contribution < 1.29 is 4.79 Å². The summed E-state index contributed by atoms with van der Waals surface area (Å²) in [6.45, 7) is 4.58. The number of hydrogen-bond acceptors (Lipinski definition) is 2. The van der Waals surface area contributed by atoms with Crippen LogP contribution in [0, 0.1) is 0 Å². The predicted octanol–water partition coefficient (Wildman–Crippen LogP) is 0.640. The van der Waals surface area contributed by atoms with E-state index in [9.17, 15) is 4.79 Å². The van der Waals surface area contributed by atoms with E-state index in [1.165, 1.54) is 12.8 Å². The lowest BCUT2D eigenvalue weighted by atomic mass is 10.2. The summed E-state index contributed by atoms with van der Waals surface area (Å²) in [6.07, 6.45) is 3.39. The summed E-state index contributed by atoms with van der Waals surface area (Å²) in [7, 11) is 0. The molecule has 0 saturated carbocycles. The van der Waals surface area contributed by atoms with E-state index in [0.29, 0.717) is 0 Å². The molecule has 3 N–H and O–H groups in total. The van der Waals surface area contributed by atoms with Crippen LogP contribution >= 0.6 is 0 Å². The molecule has 1 atom stereocenters. The van der Waals surface area contributed by atoms with Gasteiger partial charge in [0.2, 0.25) is 5.91 Å². The Kier molecular flexibility index (Phi) is 5.84. The first-order valence-electron chi connectivity index (χ1n) is 4.21. The van der Waals surface area contributed by atoms with Gasteiger partial charge in [0.25, 0.3) is 0 Å². The zero-order chi connectivity index (χ0) is 8.69. The summed E-state index contributed by atoms with van der Waals surface area (Å²) in [5.74, 6) is -0.0545. The molecule has 0 saturated heterocycles. The summed E-state index contributed by atoms with van der Waals surface area (Å²) in [5, 5.41) is 2.75. The van der Waals surface area contributed by atoms with E-state index < -0.39 is 0 Å². The Labute approximate surface area is 68.3 Å². The molecule has 0 spiro atoms. The predicted molar refractivity (Wildman–Crippen MR) is 46.2 cm³/mol. The molecule has 3 heteroatoms. The van der Waals surface area contributed by atoms with Crippen LogP contribution in [0.5, 0.6) is 0 Å². The van der Waals surface area contributed by atoms with Gasteiger partial charge >= 0.3 is 0 Å². The smallest absolute Gasteiger partial charge is 0.236 e. The number of amides is 1. The van der Waals surface area contributed by atoms with Crippen molar-refractivity contribution in [2.45, 2.75) is 39.2 Å². The molecule has 0 radical (unpaired) electrons. The van der Waals surface area contributed by atoms with Gasteiger partial charge in [-0.15, -0.1) is 0 Å². The minimum absolute atomic E-state index is 0.0545. The van der Waals surface area contributed by atoms with Crippen LogP contribution in [-0.4, -0.2) is 18.5 Å². The molecule has 11 heavy (non-hydrogen) atoms. The van der Waals surface area contributed by atoms with Gasteiger partial charge in [-0.1, -0.05) is 19.8 Å². The third-order valence-corrected chi connectivity index (χ3v) is 1.49. The average molecular weight is 158 g/mol. The number of nitrogens with two attached hydrogens (primary N) is 1. The van der Waals surface area contributed by atoms with Crippen LogP contribution in [0.3, 0.4) is 0 Å². The first-order valence-corrected chi connectivity index (χ1v) is 4.21. The van der Waals surface area contributed by atoms with E-state index in [2.05, 4.69) is 12.2 Å². The molecule has 0 aliphatic carbocycles. The molecule has 0 aliphatic heterocycles. The molecule has 0 rings (SSSR count). The van der Waals surface area contributed by atoms with Crippen molar-refractivity contribution in [1.82, 2.24) is 5.32 Å². The van der Waals surface area contributed by atoms with Gasteiger partial charge in [0.05, 0.1) is 6.04 Å². The summed E-state index contributed by atoms with van der Waals surface area (Å²) in [6, 6.07) is -0.378. The quantitative estimate of drug-likeness (QED) is 0.577. The first-order chi connectivity index (χ1) is 5.18. The van der Waals surface area contributed by atoms with Gasteiger partial charge in [-0.3, -0.25) is 4.79 Å². The third-order valence-electron chi connectivity index (χ3n) is 1.49. The van der Waals surface area contributed by atoms with Gasteiger partial charge in [-0.2, -0.15) is 0 Å². The number of nitrogens with one attached hydrogen (secondary N) is 1. The highest BCUT2D eigenvalue weighted by Gasteiger charge is 2.04. The number of rotatable bonds is 5. The maximum Gasteiger partial charge on any atom is 0.236 e. The van der Waals surface area contributed by atoms with Crippen molar-refractivity contribution in [3.63, 3.8) is 0 Å². The lowest BCUT2D eigenvalue weighted by Gasteiger charge is -2.06. The topological polar surface area (TPSA) is 55.1 Å². The second-order valence-corrected chi connectivity index (χ2v) is 2.79. The number of hydrogen-bond donors (Lipinski definition) is 2. The lowest BCUT2D eigenvalue weighted by molar-refractivity contribution is -0.121. The van der Waals surface area contributed by atoms with Crippen LogP contribution in [0.4, 0.5) is 0 Å². The van der Waals surface area contributed by atoms with Crippen molar-refractivity contribution in [1.29, 1.82) is 0 Å². The Hall–Kier alpha value is -0.570. The molecule has 0 aromatic heterocycles. The maximum absolute atomic E-state index is 10.9. The molecule has 1 amide bonds. The van der Waals surface area contributed by atoms with Gasteiger partial charge in [0, 0.05) is 6.54 Å². The van der Waals surface area contributed by atoms with Crippen LogP contribution < -0.4 is 11.1 Å². The fourth-order valence-electron chi connectivity index (χ4n) is 0.748. The average Bonchev–Trinajstić information content (AvgIpc) is 1.97. The van der Waals surface area contributed by atoms with E-state index >= 15 is 0 Å². The second-order valence-electron chi connectivity index (χ2n) is 2.79. The fraction of sp³-hybridized carbons (Fsp3) is 0.875. The van der Waals surface area contributed by atoms with Gasteiger partial charge in [0.1, 0.15) is 0 Å². The minimum atomic E-state index is -0.378. The van der Waals surface area contributed by atoms with E-state index in [1.807, 2.05) is 0 Å². The molecule has 0 heterocycles.